The summed E-state index contributed by atoms with van der Waals surface area (Å²) in [6.45, 7) is 1.50. The number of aromatic amines is 1. The summed E-state index contributed by atoms with van der Waals surface area (Å²) in [6, 6.07) is 2.06. The van der Waals surface area contributed by atoms with Gasteiger partial charge in [0.1, 0.15) is 0 Å². The van der Waals surface area contributed by atoms with Gasteiger partial charge in [-0.1, -0.05) is 0 Å². The summed E-state index contributed by atoms with van der Waals surface area (Å²) in [5.74, 6) is 0. The molecule has 0 unspecified atom stereocenters. The van der Waals surface area contributed by atoms with E-state index in [1.54, 1.807) is 0 Å². The fourth-order valence-corrected chi connectivity index (χ4v) is 1.54. The van der Waals surface area contributed by atoms with Gasteiger partial charge in [0.2, 0.25) is 0 Å². The van der Waals surface area contributed by atoms with E-state index in [2.05, 4.69) is 27.0 Å². The highest BCUT2D eigenvalue weighted by Gasteiger charge is 2.12. The van der Waals surface area contributed by atoms with Gasteiger partial charge in [-0.15, -0.1) is 0 Å². The average molecular weight is 188 g/mol. The predicted molar refractivity (Wildman–Crippen MR) is 37.0 cm³/mol. The number of fused-ring (bicyclic) bond motifs is 1. The Kier molecular flexibility index (Phi) is 1.13. The first-order chi connectivity index (χ1) is 4.36. The van der Waals surface area contributed by atoms with E-state index in [0.29, 0.717) is 0 Å². The second kappa shape index (κ2) is 1.85. The summed E-state index contributed by atoms with van der Waals surface area (Å²) in [7, 11) is 0. The topological polar surface area (TPSA) is 25.0 Å². The van der Waals surface area contributed by atoms with Gasteiger partial charge in [0.15, 0.2) is 0 Å². The van der Waals surface area contributed by atoms with Crippen LogP contribution in [0.4, 0.5) is 0 Å². The molecule has 0 spiro atoms. The fraction of sp³-hybridized carbons (Fsp3) is 0.333. The number of rotatable bonds is 0. The van der Waals surface area contributed by atoms with Crippen LogP contribution in [0, 0.1) is 0 Å². The molecule has 2 rings (SSSR count). The van der Waals surface area contributed by atoms with Crippen molar-refractivity contribution in [2.24, 2.45) is 0 Å². The van der Waals surface area contributed by atoms with Gasteiger partial charge in [0.25, 0.3) is 0 Å². The molecule has 0 aromatic carbocycles. The van der Waals surface area contributed by atoms with Crippen molar-refractivity contribution in [2.75, 3.05) is 0 Å². The van der Waals surface area contributed by atoms with Crippen LogP contribution >= 0.6 is 15.9 Å². The highest BCUT2D eigenvalue weighted by molar-refractivity contribution is 9.10. The third-order valence-corrected chi connectivity index (χ3v) is 1.89. The van der Waals surface area contributed by atoms with Gasteiger partial charge in [0, 0.05) is 11.3 Å². The minimum Gasteiger partial charge on any atom is -0.370 e. The lowest BCUT2D eigenvalue weighted by atomic mass is 10.3. The lowest BCUT2D eigenvalue weighted by Crippen LogP contribution is -1.78. The van der Waals surface area contributed by atoms with Crippen LogP contribution in [0.15, 0.2) is 10.7 Å². The Balaban J connectivity index is 2.51. The molecule has 1 aromatic rings. The smallest absolute Gasteiger partial charge is 0.0874 e. The molecule has 2 nitrogen and oxygen atoms in total. The van der Waals surface area contributed by atoms with Crippen molar-refractivity contribution in [2.45, 2.75) is 13.2 Å². The molecule has 48 valence electrons. The zero-order chi connectivity index (χ0) is 6.27. The number of H-pyrrole nitrogens is 1. The van der Waals surface area contributed by atoms with Gasteiger partial charge in [-0.3, -0.25) is 0 Å². The molecule has 1 N–H and O–H groups in total. The SMILES string of the molecule is Brc1cc2c([nH]1)COC2. The zero-order valence-corrected chi connectivity index (χ0v) is 6.36. The quantitative estimate of drug-likeness (QED) is 0.659. The summed E-state index contributed by atoms with van der Waals surface area (Å²) in [5.41, 5.74) is 2.49. The van der Waals surface area contributed by atoms with Crippen LogP contribution in [0.2, 0.25) is 0 Å². The normalized spacial score (nSPS) is 16.1. The summed E-state index contributed by atoms with van der Waals surface area (Å²) in [5, 5.41) is 0. The van der Waals surface area contributed by atoms with Crippen molar-refractivity contribution < 1.29 is 4.74 Å². The molecular weight excluding hydrogens is 182 g/mol. The van der Waals surface area contributed by atoms with Gasteiger partial charge < -0.3 is 9.72 Å². The highest BCUT2D eigenvalue weighted by atomic mass is 79.9. The second-order valence-corrected chi connectivity index (χ2v) is 2.97. The minimum absolute atomic E-state index is 0.737. The molecular formula is C6H6BrNO. The van der Waals surface area contributed by atoms with Gasteiger partial charge in [-0.2, -0.15) is 0 Å². The first kappa shape index (κ1) is 5.50. The molecule has 3 heteroatoms. The Morgan fingerprint density at radius 2 is 2.44 bits per heavy atom. The van der Waals surface area contributed by atoms with Crippen molar-refractivity contribution in [1.29, 1.82) is 0 Å². The number of ether oxygens (including phenoxy) is 1. The van der Waals surface area contributed by atoms with E-state index in [4.69, 9.17) is 4.74 Å². The van der Waals surface area contributed by atoms with Crippen LogP contribution in [0.1, 0.15) is 11.3 Å². The van der Waals surface area contributed by atoms with Gasteiger partial charge in [0.05, 0.1) is 17.8 Å². The summed E-state index contributed by atoms with van der Waals surface area (Å²) >= 11 is 3.35. The number of hydrogen-bond acceptors (Lipinski definition) is 1. The standard InChI is InChI=1S/C6H6BrNO/c7-6-1-4-2-9-3-5(4)8-6/h1,8H,2-3H2. The lowest BCUT2D eigenvalue weighted by molar-refractivity contribution is 0.132. The number of hydrogen-bond donors (Lipinski definition) is 1. The van der Waals surface area contributed by atoms with E-state index in [0.717, 1.165) is 17.8 Å². The monoisotopic (exact) mass is 187 g/mol. The van der Waals surface area contributed by atoms with E-state index in [9.17, 15) is 0 Å². The molecule has 0 aliphatic carbocycles. The van der Waals surface area contributed by atoms with Gasteiger partial charge in [-0.25, -0.2) is 0 Å². The molecule has 0 fully saturated rings. The maximum atomic E-state index is 5.16. The van der Waals surface area contributed by atoms with Crippen molar-refractivity contribution in [1.82, 2.24) is 4.98 Å². The third-order valence-electron chi connectivity index (χ3n) is 1.46. The van der Waals surface area contributed by atoms with E-state index in [-0.39, 0.29) is 0 Å². The van der Waals surface area contributed by atoms with Crippen LogP contribution < -0.4 is 0 Å². The molecule has 0 saturated carbocycles. The van der Waals surface area contributed by atoms with Crippen LogP contribution in [0.3, 0.4) is 0 Å². The summed E-state index contributed by atoms with van der Waals surface area (Å²) in [4.78, 5) is 3.15. The molecule has 0 radical (unpaired) electrons. The Morgan fingerprint density at radius 1 is 1.56 bits per heavy atom. The van der Waals surface area contributed by atoms with E-state index < -0.39 is 0 Å². The predicted octanol–water partition coefficient (Wildman–Crippen LogP) is 1.81. The minimum atomic E-state index is 0.737. The number of nitrogens with one attached hydrogen (secondary N) is 1. The van der Waals surface area contributed by atoms with E-state index in [1.807, 2.05) is 0 Å². The molecule has 0 atom stereocenters. The van der Waals surface area contributed by atoms with E-state index in [1.165, 1.54) is 11.3 Å². The Morgan fingerprint density at radius 3 is 3.22 bits per heavy atom. The van der Waals surface area contributed by atoms with Gasteiger partial charge in [-0.05, 0) is 22.0 Å². The van der Waals surface area contributed by atoms with Crippen LogP contribution in [-0.2, 0) is 18.0 Å². The summed E-state index contributed by atoms with van der Waals surface area (Å²) < 4.78 is 6.21. The molecule has 2 heterocycles. The Hall–Kier alpha value is -0.280. The van der Waals surface area contributed by atoms with Crippen LogP contribution in [0.5, 0.6) is 0 Å². The first-order valence-electron chi connectivity index (χ1n) is 2.80. The third kappa shape index (κ3) is 0.804. The van der Waals surface area contributed by atoms with Crippen LogP contribution in [-0.4, -0.2) is 4.98 Å². The van der Waals surface area contributed by atoms with Crippen LogP contribution in [0.25, 0.3) is 0 Å². The van der Waals surface area contributed by atoms with Crippen molar-refractivity contribution >= 4 is 15.9 Å². The lowest BCUT2D eigenvalue weighted by Gasteiger charge is -1.85. The van der Waals surface area contributed by atoms with Crippen molar-refractivity contribution in [3.05, 3.63) is 21.9 Å². The molecule has 0 saturated heterocycles. The van der Waals surface area contributed by atoms with Crippen molar-refractivity contribution in [3.8, 4) is 0 Å². The first-order valence-corrected chi connectivity index (χ1v) is 3.59. The molecule has 1 aliphatic rings. The Bertz CT molecular complexity index is 209. The average Bonchev–Trinajstić information content (AvgIpc) is 2.22. The van der Waals surface area contributed by atoms with Crippen molar-refractivity contribution in [3.63, 3.8) is 0 Å². The highest BCUT2D eigenvalue weighted by Crippen LogP contribution is 2.22. The second-order valence-electron chi connectivity index (χ2n) is 2.11. The Labute approximate surface area is 61.3 Å². The van der Waals surface area contributed by atoms with E-state index >= 15 is 0 Å². The number of aromatic nitrogens is 1. The fourth-order valence-electron chi connectivity index (χ4n) is 1.02. The molecule has 9 heavy (non-hydrogen) atoms. The molecule has 1 aliphatic heterocycles. The maximum absolute atomic E-state index is 5.16. The number of halogens is 1. The maximum Gasteiger partial charge on any atom is 0.0874 e. The van der Waals surface area contributed by atoms with Gasteiger partial charge >= 0.3 is 0 Å². The molecule has 1 aromatic heterocycles. The zero-order valence-electron chi connectivity index (χ0n) is 4.78. The summed E-state index contributed by atoms with van der Waals surface area (Å²) in [6.07, 6.45) is 0. The molecule has 0 bridgehead atoms. The largest absolute Gasteiger partial charge is 0.370 e. The molecule has 0 amide bonds.